The van der Waals surface area contributed by atoms with E-state index < -0.39 is 0 Å². The lowest BCUT2D eigenvalue weighted by molar-refractivity contribution is -0.113. The van der Waals surface area contributed by atoms with E-state index in [2.05, 4.69) is 43.4 Å². The number of thioether (sulfide) groups is 1. The third kappa shape index (κ3) is 4.20. The molecule has 3 heterocycles. The Kier molecular flexibility index (Phi) is 5.51. The van der Waals surface area contributed by atoms with E-state index in [-0.39, 0.29) is 11.7 Å². The summed E-state index contributed by atoms with van der Waals surface area (Å²) < 4.78 is 3.12. The van der Waals surface area contributed by atoms with E-state index in [1.165, 1.54) is 28.0 Å². The fraction of sp³-hybridized carbons (Fsp3) is 0.222. The molecule has 27 heavy (non-hydrogen) atoms. The maximum Gasteiger partial charge on any atom is 0.236 e. The highest BCUT2D eigenvalue weighted by atomic mass is 32.2. The minimum absolute atomic E-state index is 0.0930. The highest BCUT2D eigenvalue weighted by Gasteiger charge is 2.15. The molecule has 138 valence electrons. The van der Waals surface area contributed by atoms with Crippen LogP contribution in [-0.4, -0.2) is 31.4 Å². The molecule has 1 aromatic carbocycles. The van der Waals surface area contributed by atoms with Crippen LogP contribution in [0.1, 0.15) is 17.6 Å². The number of thiazole rings is 1. The molecule has 0 unspecified atom stereocenters. The van der Waals surface area contributed by atoms with Gasteiger partial charge in [-0.25, -0.2) is 4.98 Å². The van der Waals surface area contributed by atoms with Crippen molar-refractivity contribution in [3.8, 4) is 0 Å². The van der Waals surface area contributed by atoms with Crippen molar-refractivity contribution in [2.75, 3.05) is 11.1 Å². The number of nitrogens with one attached hydrogen (secondary N) is 1. The standard InChI is InChI=1S/C18H17N5OS3/c1-2-23-15(10-12-6-5-9-25-12)21-22-18(23)26-11-16(24)20-17-19-13-7-3-4-8-14(13)27-17/h3-9H,2,10-11H2,1H3,(H,19,20,24). The monoisotopic (exact) mass is 415 g/mol. The molecule has 4 rings (SSSR count). The van der Waals surface area contributed by atoms with Crippen molar-refractivity contribution in [3.05, 3.63) is 52.5 Å². The van der Waals surface area contributed by atoms with Gasteiger partial charge in [0.25, 0.3) is 0 Å². The SMILES string of the molecule is CCn1c(Cc2cccs2)nnc1SCC(=O)Nc1nc2ccccc2s1. The molecule has 0 radical (unpaired) electrons. The fourth-order valence-corrected chi connectivity index (χ4v) is 5.06. The van der Waals surface area contributed by atoms with E-state index in [1.807, 2.05) is 30.3 Å². The summed E-state index contributed by atoms with van der Waals surface area (Å²) in [4.78, 5) is 18.0. The Morgan fingerprint density at radius 3 is 2.89 bits per heavy atom. The maximum absolute atomic E-state index is 12.3. The lowest BCUT2D eigenvalue weighted by Crippen LogP contribution is -2.14. The van der Waals surface area contributed by atoms with E-state index in [0.29, 0.717) is 5.13 Å². The van der Waals surface area contributed by atoms with Crippen molar-refractivity contribution < 1.29 is 4.79 Å². The summed E-state index contributed by atoms with van der Waals surface area (Å²) in [5.41, 5.74) is 0.898. The van der Waals surface area contributed by atoms with E-state index in [4.69, 9.17) is 0 Å². The van der Waals surface area contributed by atoms with Gasteiger partial charge < -0.3 is 9.88 Å². The van der Waals surface area contributed by atoms with Gasteiger partial charge in [0, 0.05) is 17.8 Å². The average molecular weight is 416 g/mol. The minimum Gasteiger partial charge on any atom is -0.306 e. The van der Waals surface area contributed by atoms with Crippen LogP contribution in [0.5, 0.6) is 0 Å². The van der Waals surface area contributed by atoms with Crippen molar-refractivity contribution in [1.29, 1.82) is 0 Å². The zero-order valence-electron chi connectivity index (χ0n) is 14.6. The maximum atomic E-state index is 12.3. The number of nitrogens with zero attached hydrogens (tertiary/aromatic N) is 4. The topological polar surface area (TPSA) is 72.7 Å². The van der Waals surface area contributed by atoms with Gasteiger partial charge in [-0.1, -0.05) is 41.3 Å². The third-order valence-electron chi connectivity index (χ3n) is 3.89. The molecule has 0 aliphatic carbocycles. The van der Waals surface area contributed by atoms with Crippen LogP contribution in [0.15, 0.2) is 46.9 Å². The van der Waals surface area contributed by atoms with Crippen molar-refractivity contribution in [1.82, 2.24) is 19.7 Å². The summed E-state index contributed by atoms with van der Waals surface area (Å²) >= 11 is 4.58. The van der Waals surface area contributed by atoms with Crippen LogP contribution in [0, 0.1) is 0 Å². The highest BCUT2D eigenvalue weighted by molar-refractivity contribution is 7.99. The van der Waals surface area contributed by atoms with Gasteiger partial charge in [-0.2, -0.15) is 0 Å². The number of anilines is 1. The normalized spacial score (nSPS) is 11.1. The van der Waals surface area contributed by atoms with Crippen molar-refractivity contribution in [3.63, 3.8) is 0 Å². The molecule has 0 atom stereocenters. The average Bonchev–Trinajstić information content (AvgIpc) is 3.39. The van der Waals surface area contributed by atoms with E-state index >= 15 is 0 Å². The molecule has 0 spiro atoms. The van der Waals surface area contributed by atoms with Gasteiger partial charge in [0.1, 0.15) is 5.82 Å². The Hall–Kier alpha value is -2.23. The largest absolute Gasteiger partial charge is 0.306 e. The Labute approximate surface area is 168 Å². The molecule has 0 aliphatic heterocycles. The van der Waals surface area contributed by atoms with Gasteiger partial charge in [-0.05, 0) is 30.5 Å². The number of carbonyl (C=O) groups excluding carboxylic acids is 1. The summed E-state index contributed by atoms with van der Waals surface area (Å²) in [5.74, 6) is 1.10. The molecule has 0 saturated heterocycles. The number of hydrogen-bond acceptors (Lipinski definition) is 7. The number of benzene rings is 1. The summed E-state index contributed by atoms with van der Waals surface area (Å²) in [7, 11) is 0. The molecule has 0 bridgehead atoms. The van der Waals surface area contributed by atoms with Crippen LogP contribution >= 0.6 is 34.4 Å². The molecule has 0 fully saturated rings. The van der Waals surface area contributed by atoms with Crippen LogP contribution in [0.2, 0.25) is 0 Å². The number of hydrogen-bond donors (Lipinski definition) is 1. The first-order valence-corrected chi connectivity index (χ1v) is 11.1. The van der Waals surface area contributed by atoms with Gasteiger partial charge >= 0.3 is 0 Å². The first-order chi connectivity index (χ1) is 13.2. The Bertz CT molecular complexity index is 1020. The highest BCUT2D eigenvalue weighted by Crippen LogP contribution is 2.26. The van der Waals surface area contributed by atoms with Gasteiger partial charge in [-0.3, -0.25) is 4.79 Å². The molecule has 4 aromatic rings. The zero-order chi connectivity index (χ0) is 18.6. The quantitative estimate of drug-likeness (QED) is 0.456. The van der Waals surface area contributed by atoms with Gasteiger partial charge in [0.15, 0.2) is 10.3 Å². The molecule has 9 heteroatoms. The summed E-state index contributed by atoms with van der Waals surface area (Å²) in [6, 6.07) is 12.0. The smallest absolute Gasteiger partial charge is 0.236 e. The number of fused-ring (bicyclic) bond motifs is 1. The molecule has 0 saturated carbocycles. The predicted octanol–water partition coefficient (Wildman–Crippen LogP) is 4.29. The van der Waals surface area contributed by atoms with E-state index in [1.54, 1.807) is 11.3 Å². The number of aromatic nitrogens is 4. The lowest BCUT2D eigenvalue weighted by atomic mass is 10.3. The number of para-hydroxylation sites is 1. The second-order valence-corrected chi connectivity index (χ2v) is 8.73. The Morgan fingerprint density at radius 2 is 2.11 bits per heavy atom. The van der Waals surface area contributed by atoms with Crippen LogP contribution < -0.4 is 5.32 Å². The van der Waals surface area contributed by atoms with Gasteiger partial charge in [-0.15, -0.1) is 21.5 Å². The number of rotatable bonds is 7. The number of carbonyl (C=O) groups is 1. The van der Waals surface area contributed by atoms with Gasteiger partial charge in [0.05, 0.1) is 16.0 Å². The number of thiophene rings is 1. The molecule has 0 aliphatic rings. The summed E-state index contributed by atoms with van der Waals surface area (Å²) in [6.45, 7) is 2.84. The molecule has 3 aromatic heterocycles. The van der Waals surface area contributed by atoms with Crippen LogP contribution in [0.25, 0.3) is 10.2 Å². The lowest BCUT2D eigenvalue weighted by Gasteiger charge is -2.06. The van der Waals surface area contributed by atoms with Gasteiger partial charge in [0.2, 0.25) is 5.91 Å². The first kappa shape index (κ1) is 18.1. The Morgan fingerprint density at radius 1 is 1.22 bits per heavy atom. The molecule has 1 N–H and O–H groups in total. The third-order valence-corrected chi connectivity index (χ3v) is 6.69. The summed E-state index contributed by atoms with van der Waals surface area (Å²) in [6.07, 6.45) is 0.761. The minimum atomic E-state index is -0.0930. The molecular weight excluding hydrogens is 398 g/mol. The van der Waals surface area contributed by atoms with E-state index in [0.717, 1.165) is 34.2 Å². The van der Waals surface area contributed by atoms with Crippen molar-refractivity contribution in [2.45, 2.75) is 25.0 Å². The molecular formula is C18H17N5OS3. The summed E-state index contributed by atoms with van der Waals surface area (Å²) in [5, 5.41) is 14.9. The van der Waals surface area contributed by atoms with Crippen molar-refractivity contribution in [2.24, 2.45) is 0 Å². The molecule has 1 amide bonds. The van der Waals surface area contributed by atoms with E-state index in [9.17, 15) is 4.79 Å². The molecule has 6 nitrogen and oxygen atoms in total. The predicted molar refractivity (Wildman–Crippen MR) is 112 cm³/mol. The second kappa shape index (κ2) is 8.20. The fourth-order valence-electron chi connectivity index (χ4n) is 2.65. The van der Waals surface area contributed by atoms with Crippen molar-refractivity contribution >= 4 is 55.7 Å². The first-order valence-electron chi connectivity index (χ1n) is 8.45. The number of amides is 1. The van der Waals surface area contributed by atoms with Crippen LogP contribution in [-0.2, 0) is 17.8 Å². The second-order valence-electron chi connectivity index (χ2n) is 5.72. The Balaban J connectivity index is 1.39. The zero-order valence-corrected chi connectivity index (χ0v) is 17.0. The van der Waals surface area contributed by atoms with Crippen LogP contribution in [0.4, 0.5) is 5.13 Å². The van der Waals surface area contributed by atoms with Crippen LogP contribution in [0.3, 0.4) is 0 Å².